The Balaban J connectivity index is 2.36. The molecule has 1 unspecified atom stereocenters. The van der Waals surface area contributed by atoms with Gasteiger partial charge in [-0.25, -0.2) is 0 Å². The highest BCUT2D eigenvalue weighted by atomic mass is 17.4. The molecule has 0 aromatic rings. The highest BCUT2D eigenvalue weighted by Crippen LogP contribution is 2.28. The lowest BCUT2D eigenvalue weighted by atomic mass is 9.84. The third kappa shape index (κ3) is 2.91. The van der Waals surface area contributed by atoms with Gasteiger partial charge in [-0.1, -0.05) is 27.7 Å². The van der Waals surface area contributed by atoms with Crippen LogP contribution in [0.5, 0.6) is 0 Å². The minimum atomic E-state index is -0.567. The van der Waals surface area contributed by atoms with Gasteiger partial charge in [-0.15, -0.1) is 0 Å². The fourth-order valence-corrected chi connectivity index (χ4v) is 1.37. The molecule has 0 bridgehead atoms. The Morgan fingerprint density at radius 3 is 2.25 bits per heavy atom. The minimum absolute atomic E-state index is 0.0255. The fourth-order valence-electron chi connectivity index (χ4n) is 1.37. The molecule has 12 heavy (non-hydrogen) atoms. The molecule has 0 aromatic heterocycles. The van der Waals surface area contributed by atoms with Gasteiger partial charge in [-0.3, -0.25) is 4.79 Å². The van der Waals surface area contributed by atoms with Crippen molar-refractivity contribution in [2.75, 3.05) is 0 Å². The maximum atomic E-state index is 11.3. The lowest BCUT2D eigenvalue weighted by molar-refractivity contribution is -0.124. The summed E-state index contributed by atoms with van der Waals surface area (Å²) in [6, 6.07) is 0. The van der Waals surface area contributed by atoms with Gasteiger partial charge < -0.3 is 0 Å². The average Bonchev–Trinajstić information content (AvgIpc) is 2.62. The van der Waals surface area contributed by atoms with Crippen LogP contribution < -0.4 is 0 Å². The van der Waals surface area contributed by atoms with Crippen molar-refractivity contribution in [2.45, 2.75) is 40.4 Å². The summed E-state index contributed by atoms with van der Waals surface area (Å²) < 4.78 is 0. The fraction of sp³-hybridized carbons (Fsp3) is 0.889. The van der Waals surface area contributed by atoms with Crippen molar-refractivity contribution in [3.63, 3.8) is 0 Å². The molecule has 1 fully saturated rings. The highest BCUT2D eigenvalue weighted by molar-refractivity contribution is 5.84. The molecule has 70 valence electrons. The van der Waals surface area contributed by atoms with Crippen LogP contribution >= 0.6 is 0 Å². The summed E-state index contributed by atoms with van der Waals surface area (Å²) in [7, 11) is 0. The first-order valence-corrected chi connectivity index (χ1v) is 4.26. The van der Waals surface area contributed by atoms with Crippen LogP contribution in [0.1, 0.15) is 34.1 Å². The lowest BCUT2D eigenvalue weighted by Crippen LogP contribution is -2.22. The molecule has 0 spiro atoms. The third-order valence-corrected chi connectivity index (χ3v) is 1.83. The van der Waals surface area contributed by atoms with Crippen LogP contribution in [0.25, 0.3) is 0 Å². The van der Waals surface area contributed by atoms with Gasteiger partial charge in [0.2, 0.25) is 0 Å². The average molecular weight is 172 g/mol. The number of rotatable bonds is 3. The summed E-state index contributed by atoms with van der Waals surface area (Å²) in [4.78, 5) is 20.2. The molecule has 0 N–H and O–H groups in total. The van der Waals surface area contributed by atoms with Gasteiger partial charge >= 0.3 is 0 Å². The molecule has 0 aliphatic carbocycles. The number of carbonyl (C=O) groups excluding carboxylic acids is 1. The Morgan fingerprint density at radius 1 is 1.42 bits per heavy atom. The van der Waals surface area contributed by atoms with E-state index in [-0.39, 0.29) is 17.1 Å². The quantitative estimate of drug-likeness (QED) is 0.482. The van der Waals surface area contributed by atoms with E-state index >= 15 is 0 Å². The summed E-state index contributed by atoms with van der Waals surface area (Å²) in [5.41, 5.74) is 0.184. The smallest absolute Gasteiger partial charge is 0.282 e. The second kappa shape index (κ2) is 3.15. The summed E-state index contributed by atoms with van der Waals surface area (Å²) in [5, 5.41) is 0. The molecule has 1 atom stereocenters. The predicted octanol–water partition coefficient (Wildman–Crippen LogP) is 1.92. The van der Waals surface area contributed by atoms with Gasteiger partial charge in [0.1, 0.15) is 0 Å². The Labute approximate surface area is 73.0 Å². The van der Waals surface area contributed by atoms with Crippen molar-refractivity contribution in [1.29, 1.82) is 0 Å². The molecule has 0 radical (unpaired) electrons. The molecule has 1 heterocycles. The molecule has 1 aliphatic rings. The molecular weight excluding hydrogens is 156 g/mol. The zero-order valence-corrected chi connectivity index (χ0v) is 8.09. The van der Waals surface area contributed by atoms with Gasteiger partial charge in [0.15, 0.2) is 5.78 Å². The first-order valence-electron chi connectivity index (χ1n) is 4.26. The van der Waals surface area contributed by atoms with Gasteiger partial charge in [0, 0.05) is 5.92 Å². The molecule has 0 saturated carbocycles. The van der Waals surface area contributed by atoms with E-state index in [9.17, 15) is 4.79 Å². The Hall–Kier alpha value is -0.410. The largest absolute Gasteiger partial charge is 0.293 e. The number of hydrogen-bond donors (Lipinski definition) is 0. The first-order chi connectivity index (χ1) is 5.40. The Morgan fingerprint density at radius 2 is 1.92 bits per heavy atom. The summed E-state index contributed by atoms with van der Waals surface area (Å²) in [5.74, 6) is 0.0856. The van der Waals surface area contributed by atoms with E-state index < -0.39 is 6.29 Å². The Bertz CT molecular complexity index is 177. The molecule has 1 rings (SSSR count). The number of ketones is 1. The monoisotopic (exact) mass is 172 g/mol. The van der Waals surface area contributed by atoms with E-state index in [0.29, 0.717) is 0 Å². The van der Waals surface area contributed by atoms with E-state index in [1.165, 1.54) is 0 Å². The molecule has 1 saturated heterocycles. The van der Waals surface area contributed by atoms with E-state index in [4.69, 9.17) is 0 Å². The van der Waals surface area contributed by atoms with Gasteiger partial charge in [0.05, 0.1) is 0 Å². The topological polar surface area (TPSA) is 42.1 Å². The third-order valence-electron chi connectivity index (χ3n) is 1.83. The van der Waals surface area contributed by atoms with Crippen LogP contribution in [-0.4, -0.2) is 12.1 Å². The van der Waals surface area contributed by atoms with Crippen molar-refractivity contribution in [2.24, 2.45) is 11.3 Å². The van der Waals surface area contributed by atoms with Gasteiger partial charge in [0.25, 0.3) is 6.29 Å². The van der Waals surface area contributed by atoms with Gasteiger partial charge in [-0.2, -0.15) is 9.78 Å². The molecule has 3 nitrogen and oxygen atoms in total. The van der Waals surface area contributed by atoms with E-state index in [2.05, 4.69) is 30.5 Å². The van der Waals surface area contributed by atoms with E-state index in [1.54, 1.807) is 0 Å². The van der Waals surface area contributed by atoms with Crippen LogP contribution in [0.4, 0.5) is 0 Å². The zero-order valence-electron chi connectivity index (χ0n) is 8.09. The van der Waals surface area contributed by atoms with Crippen molar-refractivity contribution in [1.82, 2.24) is 0 Å². The Kier molecular flexibility index (Phi) is 2.54. The second-order valence-electron chi connectivity index (χ2n) is 4.59. The van der Waals surface area contributed by atoms with Crippen molar-refractivity contribution in [3.05, 3.63) is 0 Å². The maximum absolute atomic E-state index is 11.3. The molecule has 1 aliphatic heterocycles. The van der Waals surface area contributed by atoms with Crippen LogP contribution in [0.3, 0.4) is 0 Å². The highest BCUT2D eigenvalue weighted by Gasteiger charge is 2.38. The van der Waals surface area contributed by atoms with Crippen LogP contribution in [0.2, 0.25) is 0 Å². The lowest BCUT2D eigenvalue weighted by Gasteiger charge is -2.21. The van der Waals surface area contributed by atoms with E-state index in [0.717, 1.165) is 6.42 Å². The van der Waals surface area contributed by atoms with Gasteiger partial charge in [-0.05, 0) is 11.8 Å². The standard InChI is InChI=1S/C9H16O3/c1-6(5-9(2,3)4)7(10)8-11-12-8/h6,8H,5H2,1-4H3. The summed E-state index contributed by atoms with van der Waals surface area (Å²) in [6.45, 7) is 8.26. The van der Waals surface area contributed by atoms with Crippen LogP contribution in [0, 0.1) is 11.3 Å². The molecule has 0 aromatic carbocycles. The number of Topliss-reactive ketones (excluding diaryl/α,β-unsaturated/α-hetero) is 1. The van der Waals surface area contributed by atoms with Crippen molar-refractivity contribution < 1.29 is 14.6 Å². The molecule has 0 amide bonds. The number of hydrogen-bond acceptors (Lipinski definition) is 3. The van der Waals surface area contributed by atoms with Crippen molar-refractivity contribution in [3.8, 4) is 0 Å². The van der Waals surface area contributed by atoms with Crippen molar-refractivity contribution >= 4 is 5.78 Å². The SMILES string of the molecule is CC(CC(C)(C)C)C(=O)C1OO1. The zero-order chi connectivity index (χ0) is 9.35. The molecular formula is C9H16O3. The normalized spacial score (nSPS) is 20.7. The molecule has 3 heteroatoms. The predicted molar refractivity (Wildman–Crippen MR) is 44.2 cm³/mol. The van der Waals surface area contributed by atoms with E-state index in [1.807, 2.05) is 6.92 Å². The summed E-state index contributed by atoms with van der Waals surface area (Å²) >= 11 is 0. The second-order valence-corrected chi connectivity index (χ2v) is 4.59. The summed E-state index contributed by atoms with van der Waals surface area (Å²) in [6.07, 6.45) is 0.303. The van der Waals surface area contributed by atoms with Crippen LogP contribution in [0.15, 0.2) is 0 Å². The minimum Gasteiger partial charge on any atom is -0.293 e. The van der Waals surface area contributed by atoms with Crippen LogP contribution in [-0.2, 0) is 14.6 Å². The first kappa shape index (κ1) is 9.68. The number of carbonyl (C=O) groups is 1. The maximum Gasteiger partial charge on any atom is 0.282 e.